The van der Waals surface area contributed by atoms with E-state index in [0.717, 1.165) is 43.6 Å². The van der Waals surface area contributed by atoms with E-state index in [9.17, 15) is 15.2 Å². The number of nitro groups is 1. The van der Waals surface area contributed by atoms with Gasteiger partial charge in [-0.1, -0.05) is 12.8 Å². The molecule has 1 fully saturated rings. The van der Waals surface area contributed by atoms with Gasteiger partial charge < -0.3 is 10.0 Å². The van der Waals surface area contributed by atoms with Crippen LogP contribution < -0.4 is 4.90 Å². The van der Waals surface area contributed by atoms with Gasteiger partial charge in [0, 0.05) is 12.6 Å². The zero-order valence-corrected chi connectivity index (χ0v) is 11.1. The fourth-order valence-corrected chi connectivity index (χ4v) is 2.60. The summed E-state index contributed by atoms with van der Waals surface area (Å²) < 4.78 is 0. The number of hydrogen-bond acceptors (Lipinski definition) is 5. The second kappa shape index (κ2) is 5.97. The predicted octanol–water partition coefficient (Wildman–Crippen LogP) is 2.04. The smallest absolute Gasteiger partial charge is 0.287 e. The van der Waals surface area contributed by atoms with Crippen LogP contribution in [0.2, 0.25) is 0 Å². The number of hydrogen-bond donors (Lipinski definition) is 1. The third-order valence-corrected chi connectivity index (χ3v) is 3.61. The summed E-state index contributed by atoms with van der Waals surface area (Å²) in [5.74, 6) is 0.756. The van der Waals surface area contributed by atoms with Gasteiger partial charge >= 0.3 is 0 Å². The van der Waals surface area contributed by atoms with Crippen molar-refractivity contribution >= 4 is 11.5 Å². The standard InChI is InChI=1S/C13H19N3O3/c1-10-7-12(16(18)19)8-14-13(10)15-6-4-2-3-5-11(15)9-17/h7-8,11,17H,2-6,9H2,1H3. The Morgan fingerprint density at radius 2 is 2.32 bits per heavy atom. The fourth-order valence-electron chi connectivity index (χ4n) is 2.60. The molecule has 1 aromatic heterocycles. The predicted molar refractivity (Wildman–Crippen MR) is 72.3 cm³/mol. The SMILES string of the molecule is Cc1cc([N+](=O)[O-])cnc1N1CCCCCC1CO. The first-order chi connectivity index (χ1) is 9.13. The molecular weight excluding hydrogens is 246 g/mol. The Morgan fingerprint density at radius 1 is 1.53 bits per heavy atom. The van der Waals surface area contributed by atoms with E-state index in [1.165, 1.54) is 6.20 Å². The Hall–Kier alpha value is -1.69. The van der Waals surface area contributed by atoms with E-state index in [-0.39, 0.29) is 18.3 Å². The van der Waals surface area contributed by atoms with Gasteiger partial charge in [0.1, 0.15) is 12.0 Å². The Balaban J connectivity index is 2.30. The quantitative estimate of drug-likeness (QED) is 0.668. The highest BCUT2D eigenvalue weighted by Gasteiger charge is 2.23. The van der Waals surface area contributed by atoms with Crippen molar-refractivity contribution in [1.29, 1.82) is 0 Å². The van der Waals surface area contributed by atoms with Crippen molar-refractivity contribution < 1.29 is 10.0 Å². The molecule has 0 amide bonds. The van der Waals surface area contributed by atoms with Crippen LogP contribution in [0.5, 0.6) is 0 Å². The minimum atomic E-state index is -0.435. The number of rotatable bonds is 3. The van der Waals surface area contributed by atoms with Crippen molar-refractivity contribution in [1.82, 2.24) is 4.98 Å². The number of pyridine rings is 1. The first-order valence-corrected chi connectivity index (χ1v) is 6.62. The molecule has 1 aromatic rings. The van der Waals surface area contributed by atoms with Crippen LogP contribution in [-0.4, -0.2) is 34.2 Å². The lowest BCUT2D eigenvalue weighted by Crippen LogP contribution is -2.38. The highest BCUT2D eigenvalue weighted by Crippen LogP contribution is 2.27. The molecule has 6 heteroatoms. The van der Waals surface area contributed by atoms with E-state index in [4.69, 9.17) is 0 Å². The van der Waals surface area contributed by atoms with Crippen LogP contribution in [0, 0.1) is 17.0 Å². The molecule has 2 rings (SSSR count). The van der Waals surface area contributed by atoms with Crippen molar-refractivity contribution in [3.05, 3.63) is 27.9 Å². The summed E-state index contributed by atoms with van der Waals surface area (Å²) in [5.41, 5.74) is 0.797. The average Bonchev–Trinajstić information content (AvgIpc) is 2.63. The Bertz CT molecular complexity index is 464. The second-order valence-electron chi connectivity index (χ2n) is 4.97. The van der Waals surface area contributed by atoms with Gasteiger partial charge in [-0.2, -0.15) is 0 Å². The molecule has 6 nitrogen and oxygen atoms in total. The van der Waals surface area contributed by atoms with E-state index in [2.05, 4.69) is 9.88 Å². The third-order valence-electron chi connectivity index (χ3n) is 3.61. The van der Waals surface area contributed by atoms with E-state index < -0.39 is 4.92 Å². The molecule has 104 valence electrons. The van der Waals surface area contributed by atoms with Crippen LogP contribution in [0.15, 0.2) is 12.3 Å². The molecule has 2 heterocycles. The normalized spacial score (nSPS) is 20.1. The lowest BCUT2D eigenvalue weighted by molar-refractivity contribution is -0.385. The maximum Gasteiger partial charge on any atom is 0.287 e. The van der Waals surface area contributed by atoms with Gasteiger partial charge in [-0.3, -0.25) is 10.1 Å². The van der Waals surface area contributed by atoms with Crippen molar-refractivity contribution in [3.63, 3.8) is 0 Å². The van der Waals surface area contributed by atoms with E-state index in [1.807, 2.05) is 6.92 Å². The first-order valence-electron chi connectivity index (χ1n) is 6.62. The molecule has 1 aliphatic heterocycles. The Kier molecular flexibility index (Phi) is 4.31. The summed E-state index contributed by atoms with van der Waals surface area (Å²) in [7, 11) is 0. The third kappa shape index (κ3) is 3.01. The molecule has 0 saturated carbocycles. The molecule has 19 heavy (non-hydrogen) atoms. The summed E-state index contributed by atoms with van der Waals surface area (Å²) in [5, 5.41) is 20.2. The van der Waals surface area contributed by atoms with Gasteiger partial charge in [-0.25, -0.2) is 4.98 Å². The lowest BCUT2D eigenvalue weighted by Gasteiger charge is -2.30. The summed E-state index contributed by atoms with van der Waals surface area (Å²) in [6, 6.07) is 1.61. The molecule has 1 saturated heterocycles. The number of anilines is 1. The zero-order valence-electron chi connectivity index (χ0n) is 11.1. The fraction of sp³-hybridized carbons (Fsp3) is 0.615. The van der Waals surface area contributed by atoms with Gasteiger partial charge in [-0.15, -0.1) is 0 Å². The monoisotopic (exact) mass is 265 g/mol. The summed E-state index contributed by atoms with van der Waals surface area (Å²) in [4.78, 5) is 16.6. The van der Waals surface area contributed by atoms with Crippen LogP contribution in [0.25, 0.3) is 0 Å². The molecule has 0 aliphatic carbocycles. The molecule has 1 atom stereocenters. The molecule has 1 unspecified atom stereocenters. The number of aliphatic hydroxyl groups is 1. The topological polar surface area (TPSA) is 79.5 Å². The van der Waals surface area contributed by atoms with Gasteiger partial charge in [-0.05, 0) is 25.3 Å². The van der Waals surface area contributed by atoms with Gasteiger partial charge in [0.15, 0.2) is 0 Å². The second-order valence-corrected chi connectivity index (χ2v) is 4.97. The van der Waals surface area contributed by atoms with E-state index >= 15 is 0 Å². The van der Waals surface area contributed by atoms with Crippen LogP contribution in [-0.2, 0) is 0 Å². The number of nitrogens with zero attached hydrogens (tertiary/aromatic N) is 3. The van der Waals surface area contributed by atoms with Crippen molar-refractivity contribution in [2.24, 2.45) is 0 Å². The number of aliphatic hydroxyl groups excluding tert-OH is 1. The molecule has 1 aliphatic rings. The van der Waals surface area contributed by atoms with Crippen LogP contribution in [0.1, 0.15) is 31.2 Å². The van der Waals surface area contributed by atoms with Crippen LogP contribution in [0.3, 0.4) is 0 Å². The molecule has 1 N–H and O–H groups in total. The Morgan fingerprint density at radius 3 is 2.95 bits per heavy atom. The minimum absolute atomic E-state index is 0.0108. The maximum absolute atomic E-state index is 10.7. The molecular formula is C13H19N3O3. The highest BCUT2D eigenvalue weighted by molar-refractivity contribution is 5.51. The van der Waals surface area contributed by atoms with Crippen molar-refractivity contribution in [2.45, 2.75) is 38.6 Å². The summed E-state index contributed by atoms with van der Waals surface area (Å²) >= 11 is 0. The first kappa shape index (κ1) is 13.7. The lowest BCUT2D eigenvalue weighted by atomic mass is 10.1. The molecule has 0 bridgehead atoms. The Labute approximate surface area is 112 Å². The zero-order chi connectivity index (χ0) is 13.8. The molecule has 0 spiro atoms. The molecule has 0 aromatic carbocycles. The average molecular weight is 265 g/mol. The highest BCUT2D eigenvalue weighted by atomic mass is 16.6. The van der Waals surface area contributed by atoms with Crippen LogP contribution in [0.4, 0.5) is 11.5 Å². The van der Waals surface area contributed by atoms with Crippen molar-refractivity contribution in [3.8, 4) is 0 Å². The van der Waals surface area contributed by atoms with E-state index in [1.54, 1.807) is 6.07 Å². The minimum Gasteiger partial charge on any atom is -0.394 e. The molecule has 0 radical (unpaired) electrons. The van der Waals surface area contributed by atoms with Gasteiger partial charge in [0.2, 0.25) is 0 Å². The van der Waals surface area contributed by atoms with Crippen LogP contribution >= 0.6 is 0 Å². The van der Waals surface area contributed by atoms with Gasteiger partial charge in [0.25, 0.3) is 5.69 Å². The number of aryl methyl sites for hydroxylation is 1. The van der Waals surface area contributed by atoms with Gasteiger partial charge in [0.05, 0.1) is 17.6 Å². The maximum atomic E-state index is 10.7. The largest absolute Gasteiger partial charge is 0.394 e. The summed E-state index contributed by atoms with van der Waals surface area (Å²) in [6.45, 7) is 2.77. The number of aromatic nitrogens is 1. The van der Waals surface area contributed by atoms with E-state index in [0.29, 0.717) is 0 Å². The summed E-state index contributed by atoms with van der Waals surface area (Å²) in [6.07, 6.45) is 5.55. The van der Waals surface area contributed by atoms with Crippen molar-refractivity contribution in [2.75, 3.05) is 18.1 Å².